The van der Waals surface area contributed by atoms with Gasteiger partial charge in [-0.15, -0.1) is 0 Å². The summed E-state index contributed by atoms with van der Waals surface area (Å²) in [4.78, 5) is 16.3. The molecule has 1 amide bonds. The van der Waals surface area contributed by atoms with E-state index in [1.807, 2.05) is 0 Å². The summed E-state index contributed by atoms with van der Waals surface area (Å²) < 4.78 is 0. The third-order valence-corrected chi connectivity index (χ3v) is 6.99. The molecule has 0 radical (unpaired) electrons. The molecule has 4 atom stereocenters. The van der Waals surface area contributed by atoms with Crippen molar-refractivity contribution in [2.45, 2.75) is 58.8 Å². The molecule has 0 saturated heterocycles. The van der Waals surface area contributed by atoms with E-state index in [0.717, 1.165) is 18.9 Å². The van der Waals surface area contributed by atoms with Gasteiger partial charge in [0.1, 0.15) is 5.15 Å². The van der Waals surface area contributed by atoms with Crippen molar-refractivity contribution in [3.05, 3.63) is 29.0 Å². The average Bonchev–Trinajstić information content (AvgIpc) is 2.43. The molecule has 4 aliphatic carbocycles. The number of amides is 1. The molecular formula is C20H27ClN2O. The number of pyridine rings is 1. The van der Waals surface area contributed by atoms with Gasteiger partial charge >= 0.3 is 0 Å². The van der Waals surface area contributed by atoms with Crippen LogP contribution in [0.3, 0.4) is 0 Å². The molecule has 0 aliphatic heterocycles. The summed E-state index contributed by atoms with van der Waals surface area (Å²) in [5.41, 5.74) is 1.98. The molecule has 5 rings (SSSR count). The maximum Gasteiger partial charge on any atom is 0.254 e. The van der Waals surface area contributed by atoms with E-state index in [-0.39, 0.29) is 11.1 Å². The summed E-state index contributed by atoms with van der Waals surface area (Å²) in [5.74, 6) is 0.801. The van der Waals surface area contributed by atoms with Gasteiger partial charge in [-0.05, 0) is 79.2 Å². The number of nitrogens with one attached hydrogen (secondary N) is 1. The van der Waals surface area contributed by atoms with Crippen molar-refractivity contribution in [2.24, 2.45) is 22.2 Å². The minimum atomic E-state index is -0.102. The lowest BCUT2D eigenvalue weighted by atomic mass is 9.40. The van der Waals surface area contributed by atoms with Gasteiger partial charge in [0.05, 0.1) is 5.56 Å². The summed E-state index contributed by atoms with van der Waals surface area (Å²) in [7, 11) is 0. The zero-order chi connectivity index (χ0) is 17.0. The molecule has 4 aliphatic rings. The van der Waals surface area contributed by atoms with Crippen LogP contribution in [0.15, 0.2) is 18.3 Å². The molecule has 4 bridgehead atoms. The van der Waals surface area contributed by atoms with Crippen LogP contribution in [0.4, 0.5) is 0 Å². The van der Waals surface area contributed by atoms with E-state index in [9.17, 15) is 4.79 Å². The Bertz CT molecular complexity index is 655. The van der Waals surface area contributed by atoms with E-state index < -0.39 is 0 Å². The molecule has 4 fully saturated rings. The zero-order valence-electron chi connectivity index (χ0n) is 14.7. The SMILES string of the molecule is C[C@]12CC3CC(CCNC(=O)c4cccnc4Cl)(C1)C[C@@](C)(C3)C2. The number of hydrogen-bond donors (Lipinski definition) is 1. The first-order chi connectivity index (χ1) is 11.3. The molecule has 24 heavy (non-hydrogen) atoms. The fourth-order valence-electron chi connectivity index (χ4n) is 7.05. The highest BCUT2D eigenvalue weighted by molar-refractivity contribution is 6.32. The monoisotopic (exact) mass is 346 g/mol. The lowest BCUT2D eigenvalue weighted by Crippen LogP contribution is -2.55. The summed E-state index contributed by atoms with van der Waals surface area (Å²) >= 11 is 6.02. The second-order valence-corrected chi connectivity index (χ2v) is 9.84. The Kier molecular flexibility index (Phi) is 3.72. The summed E-state index contributed by atoms with van der Waals surface area (Å²) in [5, 5.41) is 3.36. The van der Waals surface area contributed by atoms with Crippen LogP contribution in [0.5, 0.6) is 0 Å². The molecule has 2 unspecified atom stereocenters. The van der Waals surface area contributed by atoms with Crippen LogP contribution in [0.25, 0.3) is 0 Å². The fraction of sp³-hybridized carbons (Fsp3) is 0.700. The van der Waals surface area contributed by atoms with Gasteiger partial charge in [-0.2, -0.15) is 0 Å². The zero-order valence-corrected chi connectivity index (χ0v) is 15.5. The average molecular weight is 347 g/mol. The molecule has 1 N–H and O–H groups in total. The molecular weight excluding hydrogens is 320 g/mol. The van der Waals surface area contributed by atoms with E-state index in [1.165, 1.54) is 38.5 Å². The van der Waals surface area contributed by atoms with E-state index in [0.29, 0.717) is 21.8 Å². The number of carbonyl (C=O) groups excluding carboxylic acids is 1. The van der Waals surface area contributed by atoms with Crippen molar-refractivity contribution in [2.75, 3.05) is 6.54 Å². The molecule has 1 aromatic heterocycles. The van der Waals surface area contributed by atoms with Gasteiger partial charge in [0.25, 0.3) is 5.91 Å². The molecule has 1 aromatic rings. The van der Waals surface area contributed by atoms with Crippen molar-refractivity contribution in [3.8, 4) is 0 Å². The van der Waals surface area contributed by atoms with E-state index in [1.54, 1.807) is 18.3 Å². The first-order valence-corrected chi connectivity index (χ1v) is 9.57. The second kappa shape index (κ2) is 5.45. The maximum absolute atomic E-state index is 12.3. The van der Waals surface area contributed by atoms with Gasteiger partial charge in [-0.25, -0.2) is 4.98 Å². The summed E-state index contributed by atoms with van der Waals surface area (Å²) in [6.07, 6.45) is 11.0. The van der Waals surface area contributed by atoms with Gasteiger partial charge in [-0.1, -0.05) is 25.4 Å². The lowest BCUT2D eigenvalue weighted by Gasteiger charge is -2.65. The fourth-order valence-corrected chi connectivity index (χ4v) is 7.26. The van der Waals surface area contributed by atoms with Crippen molar-refractivity contribution in [1.29, 1.82) is 0 Å². The topological polar surface area (TPSA) is 42.0 Å². The van der Waals surface area contributed by atoms with Crippen LogP contribution in [0, 0.1) is 22.2 Å². The van der Waals surface area contributed by atoms with Crippen molar-refractivity contribution >= 4 is 17.5 Å². The highest BCUT2D eigenvalue weighted by atomic mass is 35.5. The van der Waals surface area contributed by atoms with Gasteiger partial charge in [-0.3, -0.25) is 4.79 Å². The quantitative estimate of drug-likeness (QED) is 0.792. The Morgan fingerprint density at radius 1 is 1.25 bits per heavy atom. The summed E-state index contributed by atoms with van der Waals surface area (Å²) in [6.45, 7) is 5.74. The number of halogens is 1. The van der Waals surface area contributed by atoms with Gasteiger partial charge in [0, 0.05) is 12.7 Å². The maximum atomic E-state index is 12.3. The molecule has 3 nitrogen and oxygen atoms in total. The minimum Gasteiger partial charge on any atom is -0.352 e. The third kappa shape index (κ3) is 2.85. The van der Waals surface area contributed by atoms with E-state index in [4.69, 9.17) is 11.6 Å². The Morgan fingerprint density at radius 2 is 1.96 bits per heavy atom. The Balaban J connectivity index is 1.41. The largest absolute Gasteiger partial charge is 0.352 e. The Hall–Kier alpha value is -1.09. The second-order valence-electron chi connectivity index (χ2n) is 9.48. The smallest absolute Gasteiger partial charge is 0.254 e. The highest BCUT2D eigenvalue weighted by Crippen LogP contribution is 2.70. The van der Waals surface area contributed by atoms with Crippen LogP contribution >= 0.6 is 11.6 Å². The van der Waals surface area contributed by atoms with Crippen LogP contribution < -0.4 is 5.32 Å². The molecule has 1 heterocycles. The normalized spacial score (nSPS) is 39.9. The molecule has 4 heteroatoms. The predicted molar refractivity (Wildman–Crippen MR) is 96.0 cm³/mol. The first kappa shape index (κ1) is 16.4. The lowest BCUT2D eigenvalue weighted by molar-refractivity contribution is -0.146. The van der Waals surface area contributed by atoms with Crippen LogP contribution in [0.2, 0.25) is 5.15 Å². The highest BCUT2D eigenvalue weighted by Gasteiger charge is 2.59. The van der Waals surface area contributed by atoms with E-state index in [2.05, 4.69) is 24.1 Å². The number of rotatable bonds is 4. The molecule has 0 spiro atoms. The van der Waals surface area contributed by atoms with Gasteiger partial charge < -0.3 is 5.32 Å². The predicted octanol–water partition coefficient (Wildman–Crippen LogP) is 4.85. The van der Waals surface area contributed by atoms with Crippen LogP contribution in [-0.4, -0.2) is 17.4 Å². The standard InChI is InChI=1S/C20H27ClN2O/c1-18-8-14-9-19(2,11-18)13-20(10-14,12-18)5-7-23-17(24)15-4-3-6-22-16(15)21/h3-4,6,14H,5,7-13H2,1-2H3,(H,23,24)/t14?,18-,19+,20?. The van der Waals surface area contributed by atoms with Crippen LogP contribution in [0.1, 0.15) is 69.2 Å². The van der Waals surface area contributed by atoms with E-state index >= 15 is 0 Å². The number of carbonyl (C=O) groups is 1. The Labute approximate surface area is 149 Å². The van der Waals surface area contributed by atoms with Crippen molar-refractivity contribution < 1.29 is 4.79 Å². The Morgan fingerprint density at radius 3 is 2.58 bits per heavy atom. The van der Waals surface area contributed by atoms with Crippen molar-refractivity contribution in [3.63, 3.8) is 0 Å². The molecule has 0 aromatic carbocycles. The third-order valence-electron chi connectivity index (χ3n) is 6.69. The van der Waals surface area contributed by atoms with Crippen LogP contribution in [-0.2, 0) is 0 Å². The number of nitrogens with zero attached hydrogens (tertiary/aromatic N) is 1. The number of aromatic nitrogens is 1. The first-order valence-electron chi connectivity index (χ1n) is 9.19. The minimum absolute atomic E-state index is 0.102. The van der Waals surface area contributed by atoms with Gasteiger partial charge in [0.2, 0.25) is 0 Å². The molecule has 130 valence electrons. The van der Waals surface area contributed by atoms with Gasteiger partial charge in [0.15, 0.2) is 0 Å². The van der Waals surface area contributed by atoms with Crippen molar-refractivity contribution in [1.82, 2.24) is 10.3 Å². The summed E-state index contributed by atoms with van der Waals surface area (Å²) in [6, 6.07) is 3.49. The molecule has 4 saturated carbocycles. The number of hydrogen-bond acceptors (Lipinski definition) is 2.